The van der Waals surface area contributed by atoms with Gasteiger partial charge in [0.15, 0.2) is 0 Å². The molecule has 2 heterocycles. The Bertz CT molecular complexity index is 1580. The number of alkyl halides is 2. The number of anilines is 1. The van der Waals surface area contributed by atoms with Crippen molar-refractivity contribution in [2.24, 2.45) is 11.8 Å². The zero-order chi connectivity index (χ0) is 35.5. The predicted molar refractivity (Wildman–Crippen MR) is 161 cm³/mol. The number of fused-ring (bicyclic) bond motifs is 1. The van der Waals surface area contributed by atoms with Gasteiger partial charge in [-0.1, -0.05) is 19.4 Å². The third-order valence-corrected chi connectivity index (χ3v) is 10.1. The summed E-state index contributed by atoms with van der Waals surface area (Å²) < 4.78 is 116. The molecule has 5 rings (SSSR count). The van der Waals surface area contributed by atoms with Crippen molar-refractivity contribution in [1.29, 1.82) is 0 Å². The van der Waals surface area contributed by atoms with Crippen LogP contribution in [0, 0.1) is 17.7 Å². The van der Waals surface area contributed by atoms with Gasteiger partial charge >= 0.3 is 16.3 Å². The number of benzene rings is 1. The van der Waals surface area contributed by atoms with Gasteiger partial charge in [-0.2, -0.15) is 0 Å². The maximum Gasteiger partial charge on any atom is 0.410 e. The first kappa shape index (κ1) is 35.7. The van der Waals surface area contributed by atoms with E-state index in [-0.39, 0.29) is 43.0 Å². The van der Waals surface area contributed by atoms with Crippen molar-refractivity contribution in [3.05, 3.63) is 54.1 Å². The second-order valence-electron chi connectivity index (χ2n) is 13.7. The summed E-state index contributed by atoms with van der Waals surface area (Å²) in [6.07, 6.45) is 0.745. The third kappa shape index (κ3) is 7.81. The topological polar surface area (TPSA) is 91.8 Å². The summed E-state index contributed by atoms with van der Waals surface area (Å²) in [5.74, 6) is -6.45. The second kappa shape index (κ2) is 11.5. The largest absolute Gasteiger partial charge is 0.444 e. The maximum absolute atomic E-state index is 14.7. The molecule has 2 aromatic rings. The summed E-state index contributed by atoms with van der Waals surface area (Å²) in [6.45, 7) is 4.92. The number of rotatable bonds is 7. The number of likely N-dealkylation sites (tertiary alicyclic amines) is 1. The van der Waals surface area contributed by atoms with Gasteiger partial charge in [0, 0.05) is 42.9 Å². The summed E-state index contributed by atoms with van der Waals surface area (Å²) in [5.41, 5.74) is -1.66. The maximum atomic E-state index is 14.7. The lowest BCUT2D eigenvalue weighted by molar-refractivity contribution is -0.130. The summed E-state index contributed by atoms with van der Waals surface area (Å²) in [5, 5.41) is 2.60. The van der Waals surface area contributed by atoms with Crippen molar-refractivity contribution in [2.75, 3.05) is 11.4 Å². The number of carbonyl (C=O) groups excluding carboxylic acids is 3. The Balaban J connectivity index is 1.62. The Morgan fingerprint density at radius 2 is 1.62 bits per heavy atom. The second-order valence-corrected chi connectivity index (χ2v) is 16.1. The number of hydrogen-bond acceptors (Lipinski definition) is 5. The van der Waals surface area contributed by atoms with Crippen LogP contribution in [-0.4, -0.2) is 57.9 Å². The molecule has 0 bridgehead atoms. The molecule has 0 spiro atoms. The van der Waals surface area contributed by atoms with Crippen LogP contribution in [-0.2, 0) is 14.3 Å². The van der Waals surface area contributed by atoms with E-state index >= 15 is 0 Å². The quantitative estimate of drug-likeness (QED) is 0.292. The van der Waals surface area contributed by atoms with Gasteiger partial charge in [-0.25, -0.2) is 18.0 Å². The van der Waals surface area contributed by atoms with Gasteiger partial charge in [-0.15, -0.1) is 0 Å². The molecule has 3 fully saturated rings. The molecule has 2 unspecified atom stereocenters. The number of halogens is 8. The molecule has 1 aliphatic heterocycles. The van der Waals surface area contributed by atoms with Gasteiger partial charge in [-0.05, 0) is 88.6 Å². The fourth-order valence-electron chi connectivity index (χ4n) is 6.53. The Kier molecular flexibility index (Phi) is 8.53. The van der Waals surface area contributed by atoms with Gasteiger partial charge in [-0.3, -0.25) is 24.4 Å². The average Bonchev–Trinajstić information content (AvgIpc) is 3.20. The number of aromatic nitrogens is 1. The highest BCUT2D eigenvalue weighted by Gasteiger charge is 2.65. The summed E-state index contributed by atoms with van der Waals surface area (Å²) in [7, 11) is -10.2. The van der Waals surface area contributed by atoms with Crippen molar-refractivity contribution in [1.82, 2.24) is 15.2 Å². The molecule has 17 heteroatoms. The Labute approximate surface area is 271 Å². The number of carbonyl (C=O) groups is 3. The van der Waals surface area contributed by atoms with Crippen LogP contribution in [0.3, 0.4) is 0 Å². The number of nitrogens with one attached hydrogen (secondary N) is 1. The van der Waals surface area contributed by atoms with Crippen LogP contribution in [0.15, 0.2) is 47.6 Å². The minimum absolute atomic E-state index is 0.0750. The molecule has 1 aromatic heterocycles. The fraction of sp³-hybridized carbons (Fsp3) is 0.548. The monoisotopic (exact) mass is 712 g/mol. The molecular formula is C31H36F8N4O4S. The van der Waals surface area contributed by atoms with E-state index in [1.165, 1.54) is 4.90 Å². The van der Waals surface area contributed by atoms with Gasteiger partial charge < -0.3 is 10.1 Å². The first-order valence-corrected chi connectivity index (χ1v) is 17.3. The van der Waals surface area contributed by atoms with E-state index in [0.29, 0.717) is 25.0 Å². The number of amides is 3. The Hall–Kier alpha value is -3.63. The minimum atomic E-state index is -10.2. The lowest BCUT2D eigenvalue weighted by atomic mass is 9.72. The van der Waals surface area contributed by atoms with Gasteiger partial charge in [0.25, 0.3) is 5.91 Å². The smallest absolute Gasteiger partial charge is 0.410 e. The third-order valence-electron chi connectivity index (χ3n) is 8.94. The summed E-state index contributed by atoms with van der Waals surface area (Å²) >= 11 is 0. The average molecular weight is 713 g/mol. The number of pyridine rings is 1. The molecule has 3 amide bonds. The van der Waals surface area contributed by atoms with Crippen LogP contribution < -0.4 is 10.2 Å². The number of hydrogen-bond donors (Lipinski definition) is 1. The standard InChI is InChI=1S/C31H36F8N4O4S/c1-30(2,3)47-29(46)42-17-18-4-9-24(18)26(42)28(45)43(22-5-7-23(8-6-22)48(35,36,37,38)39)25(19-14-20(32)16-40-15-19)27(44)41-21-10-12-31(33,34)13-11-21/h5-8,14-16,18,21,24-26H,4,9-13,17H2,1-3H3,(H,41,44)/t18?,24-,25?,26+/m0/s1. The van der Waals surface area contributed by atoms with Gasteiger partial charge in [0.2, 0.25) is 11.8 Å². The highest BCUT2D eigenvalue weighted by atomic mass is 32.5. The van der Waals surface area contributed by atoms with Crippen molar-refractivity contribution < 1.29 is 51.7 Å². The molecule has 48 heavy (non-hydrogen) atoms. The van der Waals surface area contributed by atoms with Crippen LogP contribution in [0.5, 0.6) is 0 Å². The normalized spacial score (nSPS) is 24.7. The Morgan fingerprint density at radius 1 is 1.00 bits per heavy atom. The van der Waals surface area contributed by atoms with Crippen LogP contribution in [0.25, 0.3) is 0 Å². The van der Waals surface area contributed by atoms with Crippen molar-refractivity contribution >= 4 is 33.8 Å². The SMILES string of the molecule is CC(C)(C)OC(=O)N1CC2CC[C@@H]2[C@@H]1C(=O)N(c1ccc(S(F)(F)(F)(F)F)cc1)C(C(=O)NC1CCC(F)(F)CC1)c1cncc(F)c1. The van der Waals surface area contributed by atoms with Crippen LogP contribution in [0.4, 0.5) is 43.1 Å². The molecule has 1 N–H and O–H groups in total. The van der Waals surface area contributed by atoms with Crippen LogP contribution in [0.1, 0.15) is 70.9 Å². The van der Waals surface area contributed by atoms with Crippen molar-refractivity contribution in [3.8, 4) is 0 Å². The van der Waals surface area contributed by atoms with Gasteiger partial charge in [0.1, 0.15) is 28.4 Å². The summed E-state index contributed by atoms with van der Waals surface area (Å²) in [4.78, 5) is 45.5. The van der Waals surface area contributed by atoms with Crippen LogP contribution in [0.2, 0.25) is 0 Å². The lowest BCUT2D eigenvalue weighted by Gasteiger charge is -2.41. The molecule has 266 valence electrons. The minimum Gasteiger partial charge on any atom is -0.444 e. The zero-order valence-electron chi connectivity index (χ0n) is 26.3. The fourth-order valence-corrected chi connectivity index (χ4v) is 7.18. The van der Waals surface area contributed by atoms with Crippen LogP contribution >= 0.6 is 10.2 Å². The van der Waals surface area contributed by atoms with E-state index in [1.54, 1.807) is 20.8 Å². The molecule has 8 nitrogen and oxygen atoms in total. The number of nitrogens with zero attached hydrogens (tertiary/aromatic N) is 3. The first-order valence-electron chi connectivity index (χ1n) is 15.4. The lowest BCUT2D eigenvalue weighted by Crippen LogP contribution is -2.55. The van der Waals surface area contributed by atoms with Crippen molar-refractivity contribution in [2.45, 2.75) is 93.8 Å². The van der Waals surface area contributed by atoms with E-state index in [4.69, 9.17) is 4.74 Å². The number of ether oxygens (including phenoxy) is 1. The molecule has 1 aromatic carbocycles. The zero-order valence-corrected chi connectivity index (χ0v) is 27.1. The van der Waals surface area contributed by atoms with E-state index in [0.717, 1.165) is 23.4 Å². The molecular weight excluding hydrogens is 676 g/mol. The van der Waals surface area contributed by atoms with E-state index in [2.05, 4.69) is 10.3 Å². The van der Waals surface area contributed by atoms with E-state index < -0.39 is 92.9 Å². The molecule has 0 radical (unpaired) electrons. The molecule has 1 saturated heterocycles. The first-order chi connectivity index (χ1) is 21.9. The van der Waals surface area contributed by atoms with Gasteiger partial charge in [0.05, 0.1) is 6.20 Å². The van der Waals surface area contributed by atoms with E-state index in [1.807, 2.05) is 0 Å². The molecule has 2 saturated carbocycles. The molecule has 3 aliphatic rings. The summed E-state index contributed by atoms with van der Waals surface area (Å²) in [6, 6.07) is -1.77. The Morgan fingerprint density at radius 3 is 2.15 bits per heavy atom. The molecule has 2 aliphatic carbocycles. The van der Waals surface area contributed by atoms with E-state index in [9.17, 15) is 47.0 Å². The molecule has 4 atom stereocenters. The highest BCUT2D eigenvalue weighted by Crippen LogP contribution is 3.02. The van der Waals surface area contributed by atoms with Crippen molar-refractivity contribution in [3.63, 3.8) is 0 Å². The highest BCUT2D eigenvalue weighted by molar-refractivity contribution is 8.45. The predicted octanol–water partition coefficient (Wildman–Crippen LogP) is 8.29.